The number of anilines is 1. The van der Waals surface area contributed by atoms with Crippen molar-refractivity contribution in [3.05, 3.63) is 48.9 Å². The first kappa shape index (κ1) is 8.11. The molecule has 0 aliphatic carbocycles. The average molecular weight is 170 g/mol. The Morgan fingerprint density at radius 3 is 2.62 bits per heavy atom. The second-order valence-electron chi connectivity index (χ2n) is 3.10. The Labute approximate surface area is 78.2 Å². The van der Waals surface area contributed by atoms with E-state index in [1.165, 1.54) is 10.8 Å². The predicted molar refractivity (Wildman–Crippen MR) is 57.4 cm³/mol. The number of nitrogens with two attached hydrogens (primary N) is 1. The molecule has 0 bridgehead atoms. The number of hydrogen-bond acceptors (Lipinski definition) is 1. The fourth-order valence-corrected chi connectivity index (χ4v) is 1.63. The standard InChI is InChI=1S/C12H12N/c1-2-10-11-6-4-3-5-9(11)7-8-12(10)13/h3-8H,1-2,13H2. The first-order valence-electron chi connectivity index (χ1n) is 4.38. The quantitative estimate of drug-likeness (QED) is 0.654. The van der Waals surface area contributed by atoms with Crippen LogP contribution in [0.25, 0.3) is 10.8 Å². The van der Waals surface area contributed by atoms with Gasteiger partial charge in [0.15, 0.2) is 0 Å². The number of nitrogen functional groups attached to an aromatic ring is 1. The van der Waals surface area contributed by atoms with Crippen molar-refractivity contribution in [3.63, 3.8) is 0 Å². The molecular formula is C12H12N. The Bertz CT molecular complexity index is 432. The Morgan fingerprint density at radius 2 is 1.85 bits per heavy atom. The van der Waals surface area contributed by atoms with E-state index < -0.39 is 0 Å². The van der Waals surface area contributed by atoms with Crippen LogP contribution < -0.4 is 5.73 Å². The van der Waals surface area contributed by atoms with Crippen molar-refractivity contribution in [1.29, 1.82) is 0 Å². The largest absolute Gasteiger partial charge is 0.398 e. The third-order valence-corrected chi connectivity index (χ3v) is 2.33. The van der Waals surface area contributed by atoms with Gasteiger partial charge in [0.1, 0.15) is 0 Å². The maximum atomic E-state index is 5.86. The molecule has 0 aliphatic heterocycles. The van der Waals surface area contributed by atoms with Gasteiger partial charge in [-0.25, -0.2) is 0 Å². The Hall–Kier alpha value is -1.50. The number of rotatable bonds is 1. The monoisotopic (exact) mass is 170 g/mol. The van der Waals surface area contributed by atoms with Gasteiger partial charge in [-0.05, 0) is 35.7 Å². The van der Waals surface area contributed by atoms with Crippen molar-refractivity contribution in [3.8, 4) is 0 Å². The fraction of sp³-hybridized carbons (Fsp3) is 0.0833. The molecule has 0 atom stereocenters. The van der Waals surface area contributed by atoms with Gasteiger partial charge < -0.3 is 5.73 Å². The van der Waals surface area contributed by atoms with E-state index in [1.54, 1.807) is 0 Å². The van der Waals surface area contributed by atoms with Crippen molar-refractivity contribution in [2.75, 3.05) is 5.73 Å². The van der Waals surface area contributed by atoms with Crippen molar-refractivity contribution in [2.24, 2.45) is 0 Å². The lowest BCUT2D eigenvalue weighted by molar-refractivity contribution is 1.31. The van der Waals surface area contributed by atoms with Gasteiger partial charge in [-0.2, -0.15) is 0 Å². The van der Waals surface area contributed by atoms with Gasteiger partial charge >= 0.3 is 0 Å². The van der Waals surface area contributed by atoms with Crippen LogP contribution >= 0.6 is 0 Å². The van der Waals surface area contributed by atoms with E-state index in [9.17, 15) is 0 Å². The average Bonchev–Trinajstić information content (AvgIpc) is 2.18. The smallest absolute Gasteiger partial charge is 0.0353 e. The normalized spacial score (nSPS) is 10.5. The van der Waals surface area contributed by atoms with Gasteiger partial charge in [0.25, 0.3) is 0 Å². The summed E-state index contributed by atoms with van der Waals surface area (Å²) in [6.45, 7) is 3.89. The maximum absolute atomic E-state index is 5.86. The minimum Gasteiger partial charge on any atom is -0.398 e. The highest BCUT2D eigenvalue weighted by Gasteiger charge is 2.01. The first-order chi connectivity index (χ1) is 6.33. The summed E-state index contributed by atoms with van der Waals surface area (Å²) < 4.78 is 0. The van der Waals surface area contributed by atoms with Crippen LogP contribution in [0.2, 0.25) is 0 Å². The number of fused-ring (bicyclic) bond motifs is 1. The molecule has 2 rings (SSSR count). The van der Waals surface area contributed by atoms with Gasteiger partial charge in [0.2, 0.25) is 0 Å². The van der Waals surface area contributed by atoms with Crippen LogP contribution in [0, 0.1) is 6.92 Å². The molecule has 0 fully saturated rings. The maximum Gasteiger partial charge on any atom is 0.0353 e. The molecule has 1 nitrogen and oxygen atoms in total. The molecule has 0 heterocycles. The number of hydrogen-bond donors (Lipinski definition) is 1. The molecule has 2 aromatic carbocycles. The Kier molecular flexibility index (Phi) is 1.93. The highest BCUT2D eigenvalue weighted by atomic mass is 14.6. The SMILES string of the molecule is [CH2]Cc1c(N)ccc2ccccc12. The fourth-order valence-electron chi connectivity index (χ4n) is 1.63. The number of benzene rings is 2. The molecule has 2 N–H and O–H groups in total. The van der Waals surface area contributed by atoms with Gasteiger partial charge in [-0.1, -0.05) is 30.3 Å². The summed E-state index contributed by atoms with van der Waals surface area (Å²) in [7, 11) is 0. The van der Waals surface area contributed by atoms with Gasteiger partial charge in [-0.3, -0.25) is 0 Å². The molecule has 0 amide bonds. The van der Waals surface area contributed by atoms with Crippen molar-refractivity contribution < 1.29 is 0 Å². The second kappa shape index (κ2) is 3.09. The molecule has 2 aromatic rings. The summed E-state index contributed by atoms with van der Waals surface area (Å²) >= 11 is 0. The van der Waals surface area contributed by atoms with Crippen LogP contribution in [0.15, 0.2) is 36.4 Å². The minimum absolute atomic E-state index is 0.743. The third-order valence-electron chi connectivity index (χ3n) is 2.33. The van der Waals surface area contributed by atoms with Crippen LogP contribution in [-0.4, -0.2) is 0 Å². The molecule has 1 radical (unpaired) electrons. The molecule has 0 saturated heterocycles. The topological polar surface area (TPSA) is 26.0 Å². The zero-order valence-corrected chi connectivity index (χ0v) is 7.46. The molecule has 0 unspecified atom stereocenters. The van der Waals surface area contributed by atoms with E-state index >= 15 is 0 Å². The van der Waals surface area contributed by atoms with E-state index in [0.29, 0.717) is 0 Å². The summed E-state index contributed by atoms with van der Waals surface area (Å²) in [6.07, 6.45) is 0.743. The molecule has 65 valence electrons. The summed E-state index contributed by atoms with van der Waals surface area (Å²) in [5, 5.41) is 2.45. The van der Waals surface area contributed by atoms with Gasteiger partial charge in [0, 0.05) is 5.69 Å². The lowest BCUT2D eigenvalue weighted by Gasteiger charge is -2.06. The summed E-state index contributed by atoms with van der Waals surface area (Å²) in [5.41, 5.74) is 7.85. The molecule has 0 saturated carbocycles. The molecular weight excluding hydrogens is 158 g/mol. The van der Waals surface area contributed by atoms with Crippen LogP contribution in [0.3, 0.4) is 0 Å². The van der Waals surface area contributed by atoms with Crippen LogP contribution in [0.1, 0.15) is 5.56 Å². The lowest BCUT2D eigenvalue weighted by Crippen LogP contribution is -1.93. The summed E-state index contributed by atoms with van der Waals surface area (Å²) in [4.78, 5) is 0. The van der Waals surface area contributed by atoms with Gasteiger partial charge in [0.05, 0.1) is 0 Å². The Balaban J connectivity index is 2.84. The highest BCUT2D eigenvalue weighted by molar-refractivity contribution is 5.89. The summed E-state index contributed by atoms with van der Waals surface area (Å²) in [6, 6.07) is 12.2. The zero-order valence-electron chi connectivity index (χ0n) is 7.46. The van der Waals surface area contributed by atoms with Crippen molar-refractivity contribution in [2.45, 2.75) is 6.42 Å². The second-order valence-corrected chi connectivity index (χ2v) is 3.10. The third kappa shape index (κ3) is 1.26. The van der Waals surface area contributed by atoms with Crippen LogP contribution in [0.5, 0.6) is 0 Å². The van der Waals surface area contributed by atoms with E-state index in [4.69, 9.17) is 5.73 Å². The van der Waals surface area contributed by atoms with Crippen LogP contribution in [-0.2, 0) is 6.42 Å². The van der Waals surface area contributed by atoms with Crippen molar-refractivity contribution in [1.82, 2.24) is 0 Å². The van der Waals surface area contributed by atoms with Crippen molar-refractivity contribution >= 4 is 16.5 Å². The molecule has 0 spiro atoms. The minimum atomic E-state index is 0.743. The summed E-state index contributed by atoms with van der Waals surface area (Å²) in [5.74, 6) is 0. The van der Waals surface area contributed by atoms with E-state index in [1.807, 2.05) is 24.3 Å². The van der Waals surface area contributed by atoms with E-state index in [-0.39, 0.29) is 0 Å². The lowest BCUT2D eigenvalue weighted by atomic mass is 10.0. The molecule has 13 heavy (non-hydrogen) atoms. The van der Waals surface area contributed by atoms with Gasteiger partial charge in [-0.15, -0.1) is 0 Å². The van der Waals surface area contributed by atoms with Crippen LogP contribution in [0.4, 0.5) is 5.69 Å². The molecule has 0 aliphatic rings. The highest BCUT2D eigenvalue weighted by Crippen LogP contribution is 2.24. The van der Waals surface area contributed by atoms with E-state index in [2.05, 4.69) is 19.1 Å². The zero-order chi connectivity index (χ0) is 9.26. The molecule has 1 heteroatoms. The first-order valence-corrected chi connectivity index (χ1v) is 4.38. The Morgan fingerprint density at radius 1 is 1.08 bits per heavy atom. The van der Waals surface area contributed by atoms with E-state index in [0.717, 1.165) is 17.7 Å². The predicted octanol–water partition coefficient (Wildman–Crippen LogP) is 2.80. The molecule has 0 aromatic heterocycles.